The van der Waals surface area contributed by atoms with Crippen molar-refractivity contribution in [2.24, 2.45) is 11.8 Å². The van der Waals surface area contributed by atoms with Crippen LogP contribution in [-0.2, 0) is 4.79 Å². The lowest BCUT2D eigenvalue weighted by atomic mass is 10.1. The molecule has 2 fully saturated rings. The number of hydrogen-bond donors (Lipinski definition) is 0. The molecule has 0 aromatic heterocycles. The molecule has 0 N–H and O–H groups in total. The van der Waals surface area contributed by atoms with Gasteiger partial charge in [0.25, 0.3) is 0 Å². The fourth-order valence-corrected chi connectivity index (χ4v) is 2.64. The summed E-state index contributed by atoms with van der Waals surface area (Å²) in [5.74, 6) is 2.09. The second kappa shape index (κ2) is 4.17. The molecule has 2 atom stereocenters. The maximum atomic E-state index is 11.8. The fourth-order valence-electron chi connectivity index (χ4n) is 2.64. The molecule has 3 rings (SSSR count). The molecular weight excluding hydrogens is 210 g/mol. The van der Waals surface area contributed by atoms with Gasteiger partial charge in [0.15, 0.2) is 0 Å². The van der Waals surface area contributed by atoms with Gasteiger partial charge in [-0.1, -0.05) is 30.3 Å². The van der Waals surface area contributed by atoms with Gasteiger partial charge in [-0.05, 0) is 36.7 Å². The van der Waals surface area contributed by atoms with Gasteiger partial charge in [0.2, 0.25) is 5.91 Å². The van der Waals surface area contributed by atoms with Crippen LogP contribution in [0.1, 0.15) is 30.7 Å². The molecule has 0 aliphatic heterocycles. The molecule has 2 heteroatoms. The molecule has 0 heterocycles. The van der Waals surface area contributed by atoms with Crippen LogP contribution in [0.2, 0.25) is 0 Å². The Bertz CT molecular complexity index is 410. The highest BCUT2D eigenvalue weighted by Gasteiger charge is 2.41. The van der Waals surface area contributed by atoms with E-state index in [2.05, 4.69) is 30.3 Å². The van der Waals surface area contributed by atoms with E-state index in [9.17, 15) is 4.79 Å². The SMILES string of the molecule is CN(C[C@H]1CC1c1ccccc1)C(=O)C1CC1. The Balaban J connectivity index is 1.53. The van der Waals surface area contributed by atoms with Crippen molar-refractivity contribution in [3.05, 3.63) is 35.9 Å². The van der Waals surface area contributed by atoms with Crippen LogP contribution in [-0.4, -0.2) is 24.4 Å². The summed E-state index contributed by atoms with van der Waals surface area (Å²) in [4.78, 5) is 13.8. The average molecular weight is 229 g/mol. The second-order valence-electron chi connectivity index (χ2n) is 5.51. The monoisotopic (exact) mass is 229 g/mol. The van der Waals surface area contributed by atoms with Gasteiger partial charge >= 0.3 is 0 Å². The first-order valence-corrected chi connectivity index (χ1v) is 6.55. The standard InChI is InChI=1S/C15H19NO/c1-16(15(17)12-7-8-12)10-13-9-14(13)11-5-3-2-4-6-11/h2-6,12-14H,7-10H2,1H3/t13-,14?/m1/s1. The summed E-state index contributed by atoms with van der Waals surface area (Å²) in [5.41, 5.74) is 1.43. The van der Waals surface area contributed by atoms with Gasteiger partial charge in [-0.3, -0.25) is 4.79 Å². The third kappa shape index (κ3) is 2.36. The van der Waals surface area contributed by atoms with Crippen molar-refractivity contribution >= 4 is 5.91 Å². The summed E-state index contributed by atoms with van der Waals surface area (Å²) in [6.07, 6.45) is 3.46. The highest BCUT2D eigenvalue weighted by molar-refractivity contribution is 5.80. The van der Waals surface area contributed by atoms with Crippen LogP contribution in [0.25, 0.3) is 0 Å². The third-order valence-electron chi connectivity index (χ3n) is 3.96. The van der Waals surface area contributed by atoms with E-state index in [0.717, 1.165) is 19.4 Å². The van der Waals surface area contributed by atoms with Crippen LogP contribution in [0.5, 0.6) is 0 Å². The maximum Gasteiger partial charge on any atom is 0.225 e. The predicted molar refractivity (Wildman–Crippen MR) is 67.7 cm³/mol. The largest absolute Gasteiger partial charge is 0.345 e. The lowest BCUT2D eigenvalue weighted by Crippen LogP contribution is -2.30. The van der Waals surface area contributed by atoms with Crippen molar-refractivity contribution in [3.63, 3.8) is 0 Å². The molecule has 0 radical (unpaired) electrons. The Morgan fingerprint density at radius 2 is 2.00 bits per heavy atom. The normalized spacial score (nSPS) is 26.6. The summed E-state index contributed by atoms with van der Waals surface area (Å²) < 4.78 is 0. The van der Waals surface area contributed by atoms with E-state index in [-0.39, 0.29) is 0 Å². The molecule has 2 saturated carbocycles. The molecule has 1 aromatic carbocycles. The number of nitrogens with zero attached hydrogens (tertiary/aromatic N) is 1. The Morgan fingerprint density at radius 3 is 2.65 bits per heavy atom. The minimum absolute atomic E-state index is 0.355. The Labute approximate surface area is 103 Å². The van der Waals surface area contributed by atoms with Gasteiger partial charge in [0, 0.05) is 19.5 Å². The van der Waals surface area contributed by atoms with Crippen molar-refractivity contribution in [1.82, 2.24) is 4.90 Å². The first-order chi connectivity index (χ1) is 8.25. The topological polar surface area (TPSA) is 20.3 Å². The highest BCUT2D eigenvalue weighted by Crippen LogP contribution is 2.47. The first-order valence-electron chi connectivity index (χ1n) is 6.55. The van der Waals surface area contributed by atoms with E-state index in [1.165, 1.54) is 12.0 Å². The zero-order valence-electron chi connectivity index (χ0n) is 10.3. The van der Waals surface area contributed by atoms with Gasteiger partial charge < -0.3 is 4.90 Å². The van der Waals surface area contributed by atoms with Gasteiger partial charge in [-0.2, -0.15) is 0 Å². The van der Waals surface area contributed by atoms with Crippen LogP contribution in [0.15, 0.2) is 30.3 Å². The van der Waals surface area contributed by atoms with Crippen LogP contribution in [0.4, 0.5) is 0 Å². The molecule has 0 bridgehead atoms. The summed E-state index contributed by atoms with van der Waals surface area (Å²) >= 11 is 0. The minimum Gasteiger partial charge on any atom is -0.345 e. The molecule has 17 heavy (non-hydrogen) atoms. The Kier molecular flexibility index (Phi) is 2.65. The van der Waals surface area contributed by atoms with E-state index in [1.54, 1.807) is 0 Å². The number of carbonyl (C=O) groups excluding carboxylic acids is 1. The van der Waals surface area contributed by atoms with Crippen LogP contribution < -0.4 is 0 Å². The summed E-state index contributed by atoms with van der Waals surface area (Å²) in [7, 11) is 1.96. The van der Waals surface area contributed by atoms with Crippen LogP contribution in [0, 0.1) is 11.8 Å². The number of benzene rings is 1. The number of hydrogen-bond acceptors (Lipinski definition) is 1. The van der Waals surface area contributed by atoms with E-state index in [0.29, 0.717) is 23.7 Å². The average Bonchev–Trinajstić information content (AvgIpc) is 3.23. The first kappa shape index (κ1) is 10.8. The Hall–Kier alpha value is -1.31. The predicted octanol–water partition coefficient (Wildman–Crippen LogP) is 2.66. The van der Waals surface area contributed by atoms with E-state index in [1.807, 2.05) is 11.9 Å². The van der Waals surface area contributed by atoms with E-state index < -0.39 is 0 Å². The van der Waals surface area contributed by atoms with Gasteiger partial charge in [0.05, 0.1) is 0 Å². The Morgan fingerprint density at radius 1 is 1.29 bits per heavy atom. The molecular formula is C15H19NO. The van der Waals surface area contributed by atoms with Crippen molar-refractivity contribution in [2.45, 2.75) is 25.2 Å². The third-order valence-corrected chi connectivity index (χ3v) is 3.96. The summed E-state index contributed by atoms with van der Waals surface area (Å²) in [6.45, 7) is 0.939. The summed E-state index contributed by atoms with van der Waals surface area (Å²) in [6, 6.07) is 10.7. The van der Waals surface area contributed by atoms with E-state index >= 15 is 0 Å². The number of rotatable bonds is 4. The van der Waals surface area contributed by atoms with E-state index in [4.69, 9.17) is 0 Å². The molecule has 2 aliphatic carbocycles. The quantitative estimate of drug-likeness (QED) is 0.777. The van der Waals surface area contributed by atoms with Crippen LogP contribution in [0.3, 0.4) is 0 Å². The van der Waals surface area contributed by atoms with Crippen molar-refractivity contribution in [2.75, 3.05) is 13.6 Å². The summed E-state index contributed by atoms with van der Waals surface area (Å²) in [5, 5.41) is 0. The molecule has 1 amide bonds. The lowest BCUT2D eigenvalue weighted by molar-refractivity contribution is -0.131. The van der Waals surface area contributed by atoms with Crippen molar-refractivity contribution in [3.8, 4) is 0 Å². The molecule has 2 aliphatic rings. The zero-order valence-corrected chi connectivity index (χ0v) is 10.3. The molecule has 1 aromatic rings. The fraction of sp³-hybridized carbons (Fsp3) is 0.533. The van der Waals surface area contributed by atoms with Gasteiger partial charge in [-0.25, -0.2) is 0 Å². The number of carbonyl (C=O) groups is 1. The highest BCUT2D eigenvalue weighted by atomic mass is 16.2. The lowest BCUT2D eigenvalue weighted by Gasteiger charge is -2.16. The molecule has 0 spiro atoms. The molecule has 1 unspecified atom stereocenters. The minimum atomic E-state index is 0.355. The smallest absolute Gasteiger partial charge is 0.225 e. The van der Waals surface area contributed by atoms with Crippen molar-refractivity contribution < 1.29 is 4.79 Å². The second-order valence-corrected chi connectivity index (χ2v) is 5.51. The molecule has 0 saturated heterocycles. The number of amides is 1. The zero-order chi connectivity index (χ0) is 11.8. The maximum absolute atomic E-state index is 11.8. The molecule has 2 nitrogen and oxygen atoms in total. The van der Waals surface area contributed by atoms with Gasteiger partial charge in [0.1, 0.15) is 0 Å². The van der Waals surface area contributed by atoms with Gasteiger partial charge in [-0.15, -0.1) is 0 Å². The van der Waals surface area contributed by atoms with Crippen molar-refractivity contribution in [1.29, 1.82) is 0 Å². The molecule has 90 valence electrons. The van der Waals surface area contributed by atoms with Crippen LogP contribution >= 0.6 is 0 Å².